The summed E-state index contributed by atoms with van der Waals surface area (Å²) >= 11 is 13.6. The first kappa shape index (κ1) is 20.7. The minimum absolute atomic E-state index is 0.150. The van der Waals surface area contributed by atoms with E-state index in [0.717, 1.165) is 17.1 Å². The summed E-state index contributed by atoms with van der Waals surface area (Å²) in [5, 5.41) is 3.99. The molecule has 0 fully saturated rings. The summed E-state index contributed by atoms with van der Waals surface area (Å²) < 4.78 is 10.8. The van der Waals surface area contributed by atoms with Crippen molar-refractivity contribution in [3.63, 3.8) is 0 Å². The van der Waals surface area contributed by atoms with Crippen molar-refractivity contribution >= 4 is 40.9 Å². The molecule has 140 valence electrons. The quantitative estimate of drug-likeness (QED) is 0.598. The fraction of sp³-hybridized carbons (Fsp3) is 0.316. The predicted octanol–water partition coefficient (Wildman–Crippen LogP) is 4.82. The average molecular weight is 414 g/mol. The highest BCUT2D eigenvalue weighted by Gasteiger charge is 2.14. The Morgan fingerprint density at radius 1 is 1.15 bits per heavy atom. The summed E-state index contributed by atoms with van der Waals surface area (Å²) in [5.41, 5.74) is 1.10. The molecular weight excluding hydrogens is 393 g/mol. The number of ether oxygens (including phenoxy) is 2. The minimum Gasteiger partial charge on any atom is -0.497 e. The fourth-order valence-electron chi connectivity index (χ4n) is 2.14. The summed E-state index contributed by atoms with van der Waals surface area (Å²) in [6.45, 7) is 2.29. The zero-order valence-corrected chi connectivity index (χ0v) is 17.0. The number of thioether (sulfide) groups is 1. The van der Waals surface area contributed by atoms with Crippen LogP contribution in [-0.2, 0) is 10.5 Å². The lowest BCUT2D eigenvalue weighted by molar-refractivity contribution is -0.127. The molecule has 0 heterocycles. The van der Waals surface area contributed by atoms with Gasteiger partial charge in [-0.15, -0.1) is 0 Å². The molecule has 1 atom stereocenters. The number of amides is 1. The molecule has 0 unspecified atom stereocenters. The van der Waals surface area contributed by atoms with Crippen LogP contribution >= 0.6 is 35.0 Å². The molecule has 0 saturated carbocycles. The van der Waals surface area contributed by atoms with Crippen molar-refractivity contribution in [2.75, 3.05) is 19.4 Å². The van der Waals surface area contributed by atoms with Crippen LogP contribution in [0.4, 0.5) is 0 Å². The van der Waals surface area contributed by atoms with E-state index in [4.69, 9.17) is 32.7 Å². The van der Waals surface area contributed by atoms with Gasteiger partial charge in [0.1, 0.15) is 11.5 Å². The van der Waals surface area contributed by atoms with Crippen LogP contribution < -0.4 is 14.8 Å². The topological polar surface area (TPSA) is 47.6 Å². The lowest BCUT2D eigenvalue weighted by Gasteiger charge is -2.15. The highest BCUT2D eigenvalue weighted by atomic mass is 35.5. The summed E-state index contributed by atoms with van der Waals surface area (Å²) in [7, 11) is 1.59. The van der Waals surface area contributed by atoms with E-state index < -0.39 is 6.10 Å². The Morgan fingerprint density at radius 3 is 2.65 bits per heavy atom. The first-order valence-corrected chi connectivity index (χ1v) is 10.0. The van der Waals surface area contributed by atoms with Gasteiger partial charge in [-0.3, -0.25) is 4.79 Å². The van der Waals surface area contributed by atoms with Crippen molar-refractivity contribution in [2.45, 2.75) is 18.8 Å². The van der Waals surface area contributed by atoms with Gasteiger partial charge >= 0.3 is 0 Å². The number of hydrogen-bond acceptors (Lipinski definition) is 4. The number of nitrogens with one attached hydrogen (secondary N) is 1. The maximum atomic E-state index is 12.1. The molecule has 26 heavy (non-hydrogen) atoms. The van der Waals surface area contributed by atoms with Gasteiger partial charge in [0.25, 0.3) is 5.91 Å². The van der Waals surface area contributed by atoms with Crippen molar-refractivity contribution in [1.82, 2.24) is 5.32 Å². The van der Waals surface area contributed by atoms with Crippen LogP contribution in [0, 0.1) is 0 Å². The van der Waals surface area contributed by atoms with E-state index in [1.165, 1.54) is 0 Å². The van der Waals surface area contributed by atoms with Crippen molar-refractivity contribution in [1.29, 1.82) is 0 Å². The molecule has 0 spiro atoms. The second kappa shape index (κ2) is 10.6. The SMILES string of the molecule is COc1cccc(O[C@@H](C)C(=O)NCCSCc2ccc(Cl)c(Cl)c2)c1. The summed E-state index contributed by atoms with van der Waals surface area (Å²) in [6, 6.07) is 12.8. The predicted molar refractivity (Wildman–Crippen MR) is 109 cm³/mol. The number of rotatable bonds is 9. The highest BCUT2D eigenvalue weighted by molar-refractivity contribution is 7.98. The van der Waals surface area contributed by atoms with Crippen LogP contribution in [0.2, 0.25) is 10.0 Å². The molecule has 2 aromatic rings. The van der Waals surface area contributed by atoms with E-state index in [1.807, 2.05) is 24.3 Å². The number of halogens is 2. The lowest BCUT2D eigenvalue weighted by atomic mass is 10.2. The van der Waals surface area contributed by atoms with E-state index >= 15 is 0 Å². The van der Waals surface area contributed by atoms with E-state index in [1.54, 1.807) is 44.0 Å². The third-order valence-corrected chi connectivity index (χ3v) is 5.29. The third-order valence-electron chi connectivity index (χ3n) is 3.52. The zero-order valence-electron chi connectivity index (χ0n) is 14.6. The number of carbonyl (C=O) groups excluding carboxylic acids is 1. The van der Waals surface area contributed by atoms with Gasteiger partial charge in [-0.2, -0.15) is 11.8 Å². The van der Waals surface area contributed by atoms with Gasteiger partial charge in [0.05, 0.1) is 17.2 Å². The number of carbonyl (C=O) groups is 1. The fourth-order valence-corrected chi connectivity index (χ4v) is 3.27. The molecule has 2 aromatic carbocycles. The Hall–Kier alpha value is -1.56. The first-order valence-electron chi connectivity index (χ1n) is 8.09. The van der Waals surface area contributed by atoms with Crippen LogP contribution in [0.5, 0.6) is 11.5 Å². The van der Waals surface area contributed by atoms with Crippen LogP contribution in [0.1, 0.15) is 12.5 Å². The molecule has 0 aliphatic heterocycles. The van der Waals surface area contributed by atoms with Crippen LogP contribution in [0.3, 0.4) is 0 Å². The van der Waals surface area contributed by atoms with Crippen LogP contribution in [0.15, 0.2) is 42.5 Å². The monoisotopic (exact) mass is 413 g/mol. The van der Waals surface area contributed by atoms with Gasteiger partial charge in [0.15, 0.2) is 6.10 Å². The minimum atomic E-state index is -0.581. The van der Waals surface area contributed by atoms with E-state index in [-0.39, 0.29) is 5.91 Å². The maximum absolute atomic E-state index is 12.1. The smallest absolute Gasteiger partial charge is 0.260 e. The van der Waals surface area contributed by atoms with Gasteiger partial charge in [0, 0.05) is 24.1 Å². The Bertz CT molecular complexity index is 742. The van der Waals surface area contributed by atoms with Crippen molar-refractivity contribution in [2.24, 2.45) is 0 Å². The van der Waals surface area contributed by atoms with Gasteiger partial charge in [-0.1, -0.05) is 35.3 Å². The molecule has 2 rings (SSSR count). The largest absolute Gasteiger partial charge is 0.497 e. The van der Waals surface area contributed by atoms with Crippen LogP contribution in [-0.4, -0.2) is 31.4 Å². The Balaban J connectivity index is 1.68. The lowest BCUT2D eigenvalue weighted by Crippen LogP contribution is -2.37. The number of benzene rings is 2. The maximum Gasteiger partial charge on any atom is 0.260 e. The highest BCUT2D eigenvalue weighted by Crippen LogP contribution is 2.24. The molecular formula is C19H21Cl2NO3S. The standard InChI is InChI=1S/C19H21Cl2NO3S/c1-13(25-16-5-3-4-15(11-16)24-2)19(23)22-8-9-26-12-14-6-7-17(20)18(21)10-14/h3-7,10-11,13H,8-9,12H2,1-2H3,(H,22,23)/t13-/m0/s1. The molecule has 0 aromatic heterocycles. The molecule has 0 aliphatic rings. The molecule has 0 aliphatic carbocycles. The number of methoxy groups -OCH3 is 1. The van der Waals surface area contributed by atoms with Crippen molar-refractivity contribution in [3.05, 3.63) is 58.1 Å². The van der Waals surface area contributed by atoms with Gasteiger partial charge in [-0.05, 0) is 36.8 Å². The van der Waals surface area contributed by atoms with Crippen molar-refractivity contribution in [3.8, 4) is 11.5 Å². The average Bonchev–Trinajstić information content (AvgIpc) is 2.64. The summed E-state index contributed by atoms with van der Waals surface area (Å²) in [6.07, 6.45) is -0.581. The second-order valence-corrected chi connectivity index (χ2v) is 7.45. The molecule has 0 radical (unpaired) electrons. The molecule has 1 N–H and O–H groups in total. The van der Waals surface area contributed by atoms with Crippen LogP contribution in [0.25, 0.3) is 0 Å². The normalized spacial score (nSPS) is 11.7. The zero-order chi connectivity index (χ0) is 18.9. The summed E-state index contributed by atoms with van der Waals surface area (Å²) in [5.74, 6) is 2.73. The van der Waals surface area contributed by atoms with Gasteiger partial charge in [-0.25, -0.2) is 0 Å². The summed E-state index contributed by atoms with van der Waals surface area (Å²) in [4.78, 5) is 12.1. The molecule has 1 amide bonds. The van der Waals surface area contributed by atoms with E-state index in [0.29, 0.717) is 28.1 Å². The Morgan fingerprint density at radius 2 is 1.92 bits per heavy atom. The van der Waals surface area contributed by atoms with E-state index in [9.17, 15) is 4.79 Å². The third kappa shape index (κ3) is 6.63. The van der Waals surface area contributed by atoms with Crippen molar-refractivity contribution < 1.29 is 14.3 Å². The molecule has 7 heteroatoms. The van der Waals surface area contributed by atoms with E-state index in [2.05, 4.69) is 5.32 Å². The second-order valence-electron chi connectivity index (χ2n) is 5.53. The van der Waals surface area contributed by atoms with Gasteiger partial charge < -0.3 is 14.8 Å². The number of hydrogen-bond donors (Lipinski definition) is 1. The van der Waals surface area contributed by atoms with Gasteiger partial charge in [0.2, 0.25) is 0 Å². The molecule has 0 bridgehead atoms. The molecule has 4 nitrogen and oxygen atoms in total. The Kier molecular flexibility index (Phi) is 8.42. The first-order chi connectivity index (χ1) is 12.5. The Labute approximate surface area is 168 Å². The molecule has 0 saturated heterocycles.